The summed E-state index contributed by atoms with van der Waals surface area (Å²) in [6, 6.07) is 9.93. The van der Waals surface area contributed by atoms with Crippen molar-refractivity contribution in [3.63, 3.8) is 0 Å². The Morgan fingerprint density at radius 1 is 1.35 bits per heavy atom. The van der Waals surface area contributed by atoms with Crippen molar-refractivity contribution in [3.8, 4) is 0 Å². The first-order valence-corrected chi connectivity index (χ1v) is 7.73. The zero-order chi connectivity index (χ0) is 14.5. The van der Waals surface area contributed by atoms with E-state index in [2.05, 4.69) is 67.4 Å². The predicted molar refractivity (Wildman–Crippen MR) is 86.1 cm³/mol. The summed E-state index contributed by atoms with van der Waals surface area (Å²) in [5.74, 6) is 0. The molecule has 0 amide bonds. The van der Waals surface area contributed by atoms with Gasteiger partial charge in [0.2, 0.25) is 0 Å². The van der Waals surface area contributed by atoms with Crippen molar-refractivity contribution >= 4 is 0 Å². The van der Waals surface area contributed by atoms with Gasteiger partial charge in [0.15, 0.2) is 0 Å². The fraction of sp³-hybridized carbons (Fsp3) is 0.647. The van der Waals surface area contributed by atoms with Crippen molar-refractivity contribution in [3.05, 3.63) is 35.4 Å². The summed E-state index contributed by atoms with van der Waals surface area (Å²) in [6.45, 7) is 5.85. The van der Waals surface area contributed by atoms with E-state index in [-0.39, 0.29) is 0 Å². The first kappa shape index (κ1) is 15.5. The summed E-state index contributed by atoms with van der Waals surface area (Å²) in [5, 5.41) is 3.48. The van der Waals surface area contributed by atoms with Gasteiger partial charge in [-0.1, -0.05) is 24.3 Å². The van der Waals surface area contributed by atoms with E-state index in [0.29, 0.717) is 6.04 Å². The topological polar surface area (TPSA) is 18.5 Å². The van der Waals surface area contributed by atoms with Gasteiger partial charge in [0.05, 0.1) is 0 Å². The first-order valence-electron chi connectivity index (χ1n) is 7.73. The van der Waals surface area contributed by atoms with E-state index < -0.39 is 0 Å². The first-order chi connectivity index (χ1) is 9.61. The molecule has 1 N–H and O–H groups in total. The molecule has 1 aromatic rings. The number of aryl methyl sites for hydroxylation is 1. The lowest BCUT2D eigenvalue weighted by atomic mass is 9.99. The summed E-state index contributed by atoms with van der Waals surface area (Å²) in [7, 11) is 6.46. The van der Waals surface area contributed by atoms with Gasteiger partial charge in [0.1, 0.15) is 0 Å². The molecule has 1 aliphatic rings. The Balaban J connectivity index is 1.88. The molecule has 3 heteroatoms. The van der Waals surface area contributed by atoms with Crippen LogP contribution in [0.25, 0.3) is 0 Å². The van der Waals surface area contributed by atoms with Crippen LogP contribution in [-0.2, 0) is 0 Å². The van der Waals surface area contributed by atoms with Crippen LogP contribution < -0.4 is 5.32 Å². The Bertz CT molecular complexity index is 416. The monoisotopic (exact) mass is 275 g/mol. The fourth-order valence-electron chi connectivity index (χ4n) is 3.18. The minimum absolute atomic E-state index is 0.467. The molecule has 112 valence electrons. The quantitative estimate of drug-likeness (QED) is 0.859. The van der Waals surface area contributed by atoms with Crippen molar-refractivity contribution in [2.75, 3.05) is 40.8 Å². The van der Waals surface area contributed by atoms with Crippen LogP contribution in [0.3, 0.4) is 0 Å². The molecule has 1 heterocycles. The summed E-state index contributed by atoms with van der Waals surface area (Å²) >= 11 is 0. The van der Waals surface area contributed by atoms with Crippen molar-refractivity contribution in [2.45, 2.75) is 31.8 Å². The fourth-order valence-corrected chi connectivity index (χ4v) is 3.18. The van der Waals surface area contributed by atoms with E-state index in [9.17, 15) is 0 Å². The van der Waals surface area contributed by atoms with Gasteiger partial charge in [0, 0.05) is 25.2 Å². The number of likely N-dealkylation sites (N-methyl/N-ethyl adjacent to an activating group) is 1. The average Bonchev–Trinajstić information content (AvgIpc) is 2.90. The van der Waals surface area contributed by atoms with Crippen molar-refractivity contribution in [1.29, 1.82) is 0 Å². The highest BCUT2D eigenvalue weighted by atomic mass is 15.2. The second-order valence-corrected chi connectivity index (χ2v) is 6.19. The zero-order valence-corrected chi connectivity index (χ0v) is 13.4. The molecule has 2 unspecified atom stereocenters. The molecule has 0 aromatic heterocycles. The zero-order valence-electron chi connectivity index (χ0n) is 13.4. The van der Waals surface area contributed by atoms with Gasteiger partial charge in [0.25, 0.3) is 0 Å². The minimum atomic E-state index is 0.467. The predicted octanol–water partition coefficient (Wildman–Crippen LogP) is 2.28. The van der Waals surface area contributed by atoms with Crippen LogP contribution in [0.5, 0.6) is 0 Å². The molecular weight excluding hydrogens is 246 g/mol. The van der Waals surface area contributed by atoms with Crippen molar-refractivity contribution < 1.29 is 0 Å². The highest BCUT2D eigenvalue weighted by Crippen LogP contribution is 2.22. The lowest BCUT2D eigenvalue weighted by molar-refractivity contribution is 0.260. The standard InChI is InChI=1S/C17H29N3/c1-14-7-5-6-8-16(14)17(18-2)10-12-20-11-9-15(13-20)19(3)4/h5-8,15,17-18H,9-13H2,1-4H3. The highest BCUT2D eigenvalue weighted by molar-refractivity contribution is 5.28. The van der Waals surface area contributed by atoms with E-state index in [1.807, 2.05) is 0 Å². The molecule has 2 atom stereocenters. The van der Waals surface area contributed by atoms with Crippen LogP contribution in [0, 0.1) is 6.92 Å². The van der Waals surface area contributed by atoms with Crippen LogP contribution in [0.1, 0.15) is 30.0 Å². The maximum Gasteiger partial charge on any atom is 0.0332 e. The molecule has 0 saturated carbocycles. The average molecular weight is 275 g/mol. The Morgan fingerprint density at radius 3 is 2.70 bits per heavy atom. The molecule has 20 heavy (non-hydrogen) atoms. The molecule has 0 spiro atoms. The van der Waals surface area contributed by atoms with Gasteiger partial charge in [-0.05, 0) is 58.6 Å². The van der Waals surface area contributed by atoms with Crippen molar-refractivity contribution in [2.24, 2.45) is 0 Å². The number of hydrogen-bond donors (Lipinski definition) is 1. The minimum Gasteiger partial charge on any atom is -0.313 e. The van der Waals surface area contributed by atoms with Crippen LogP contribution in [0.15, 0.2) is 24.3 Å². The summed E-state index contributed by atoms with van der Waals surface area (Å²) in [4.78, 5) is 4.96. The smallest absolute Gasteiger partial charge is 0.0332 e. The normalized spacial score (nSPS) is 21.6. The Hall–Kier alpha value is -0.900. The molecule has 0 aliphatic carbocycles. The Kier molecular flexibility index (Phi) is 5.58. The number of rotatable bonds is 6. The molecular formula is C17H29N3. The maximum absolute atomic E-state index is 3.48. The second kappa shape index (κ2) is 7.21. The number of benzene rings is 1. The molecule has 3 nitrogen and oxygen atoms in total. The third-order valence-corrected chi connectivity index (χ3v) is 4.62. The van der Waals surface area contributed by atoms with Gasteiger partial charge in [-0.3, -0.25) is 0 Å². The molecule has 0 bridgehead atoms. The highest BCUT2D eigenvalue weighted by Gasteiger charge is 2.24. The lowest BCUT2D eigenvalue weighted by Gasteiger charge is -2.24. The molecule has 2 rings (SSSR count). The molecule has 1 aromatic carbocycles. The van der Waals surface area contributed by atoms with E-state index in [4.69, 9.17) is 0 Å². The number of nitrogens with zero attached hydrogens (tertiary/aromatic N) is 2. The van der Waals surface area contributed by atoms with Crippen LogP contribution in [0.2, 0.25) is 0 Å². The lowest BCUT2D eigenvalue weighted by Crippen LogP contribution is -2.33. The van der Waals surface area contributed by atoms with E-state index in [1.165, 1.54) is 43.6 Å². The van der Waals surface area contributed by atoms with Gasteiger partial charge < -0.3 is 15.1 Å². The van der Waals surface area contributed by atoms with Crippen LogP contribution in [-0.4, -0.2) is 56.6 Å². The molecule has 1 saturated heterocycles. The number of hydrogen-bond acceptors (Lipinski definition) is 3. The van der Waals surface area contributed by atoms with Gasteiger partial charge in [-0.25, -0.2) is 0 Å². The van der Waals surface area contributed by atoms with Gasteiger partial charge in [-0.2, -0.15) is 0 Å². The molecule has 1 aliphatic heterocycles. The summed E-state index contributed by atoms with van der Waals surface area (Å²) in [5.41, 5.74) is 2.83. The van der Waals surface area contributed by atoms with Gasteiger partial charge >= 0.3 is 0 Å². The van der Waals surface area contributed by atoms with E-state index >= 15 is 0 Å². The van der Waals surface area contributed by atoms with Crippen LogP contribution in [0.4, 0.5) is 0 Å². The number of nitrogens with one attached hydrogen (secondary N) is 1. The maximum atomic E-state index is 3.48. The van der Waals surface area contributed by atoms with E-state index in [0.717, 1.165) is 6.04 Å². The van der Waals surface area contributed by atoms with E-state index in [1.54, 1.807) is 0 Å². The Labute approximate surface area is 124 Å². The second-order valence-electron chi connectivity index (χ2n) is 6.19. The molecule has 0 radical (unpaired) electrons. The third kappa shape index (κ3) is 3.81. The van der Waals surface area contributed by atoms with Crippen LogP contribution >= 0.6 is 0 Å². The largest absolute Gasteiger partial charge is 0.313 e. The molecule has 1 fully saturated rings. The number of likely N-dealkylation sites (tertiary alicyclic amines) is 1. The SMILES string of the molecule is CNC(CCN1CCC(N(C)C)C1)c1ccccc1C. The summed E-state index contributed by atoms with van der Waals surface area (Å²) in [6.07, 6.45) is 2.49. The Morgan fingerprint density at radius 2 is 2.10 bits per heavy atom. The van der Waals surface area contributed by atoms with Crippen molar-refractivity contribution in [1.82, 2.24) is 15.1 Å². The summed E-state index contributed by atoms with van der Waals surface area (Å²) < 4.78 is 0. The van der Waals surface area contributed by atoms with Gasteiger partial charge in [-0.15, -0.1) is 0 Å². The third-order valence-electron chi connectivity index (χ3n) is 4.62.